The first-order chi connectivity index (χ1) is 13.2. The Labute approximate surface area is 155 Å². The van der Waals surface area contributed by atoms with Gasteiger partial charge >= 0.3 is 0 Å². The van der Waals surface area contributed by atoms with Crippen molar-refractivity contribution in [3.8, 4) is 0 Å². The van der Waals surface area contributed by atoms with Crippen molar-refractivity contribution < 1.29 is 19.1 Å². The van der Waals surface area contributed by atoms with Gasteiger partial charge in [0, 0.05) is 18.0 Å². The minimum Gasteiger partial charge on any atom is -0.507 e. The first kappa shape index (κ1) is 16.8. The van der Waals surface area contributed by atoms with Crippen LogP contribution in [-0.2, 0) is 16.1 Å². The summed E-state index contributed by atoms with van der Waals surface area (Å²) in [4.78, 5) is 30.9. The van der Waals surface area contributed by atoms with Crippen molar-refractivity contribution in [2.75, 3.05) is 0 Å². The summed E-state index contributed by atoms with van der Waals surface area (Å²) in [6.45, 7) is 0.129. The number of nitrogens with zero attached hydrogens (tertiary/aromatic N) is 2. The summed E-state index contributed by atoms with van der Waals surface area (Å²) >= 11 is 0. The molecule has 4 rings (SSSR count). The minimum absolute atomic E-state index is 0.0592. The van der Waals surface area contributed by atoms with Gasteiger partial charge < -0.3 is 14.4 Å². The highest BCUT2D eigenvalue weighted by atomic mass is 16.3. The lowest BCUT2D eigenvalue weighted by Crippen LogP contribution is -2.29. The van der Waals surface area contributed by atoms with E-state index in [1.54, 1.807) is 24.3 Å². The lowest BCUT2D eigenvalue weighted by Gasteiger charge is -2.24. The van der Waals surface area contributed by atoms with Crippen LogP contribution in [0.4, 0.5) is 0 Å². The van der Waals surface area contributed by atoms with E-state index >= 15 is 0 Å². The number of aromatic nitrogens is 1. The van der Waals surface area contributed by atoms with Gasteiger partial charge in [-0.1, -0.05) is 30.3 Å². The second-order valence-corrected chi connectivity index (χ2v) is 6.15. The number of hydrogen-bond acceptors (Lipinski definition) is 5. The molecule has 134 valence electrons. The number of furan rings is 1. The van der Waals surface area contributed by atoms with E-state index in [4.69, 9.17) is 4.42 Å². The maximum absolute atomic E-state index is 12.8. The van der Waals surface area contributed by atoms with E-state index in [9.17, 15) is 14.7 Å². The first-order valence-electron chi connectivity index (χ1n) is 8.43. The highest BCUT2D eigenvalue weighted by Crippen LogP contribution is 2.40. The number of benzene rings is 1. The van der Waals surface area contributed by atoms with Gasteiger partial charge in [-0.3, -0.25) is 14.6 Å². The number of pyridine rings is 1. The Kier molecular flexibility index (Phi) is 4.30. The summed E-state index contributed by atoms with van der Waals surface area (Å²) in [6.07, 6.45) is 4.55. The van der Waals surface area contributed by atoms with Gasteiger partial charge in [0.15, 0.2) is 0 Å². The highest BCUT2D eigenvalue weighted by Gasteiger charge is 2.46. The third-order valence-electron chi connectivity index (χ3n) is 4.52. The molecule has 3 aromatic rings. The average Bonchev–Trinajstić information content (AvgIpc) is 3.31. The van der Waals surface area contributed by atoms with Gasteiger partial charge in [0.1, 0.15) is 11.5 Å². The SMILES string of the molecule is O=C1C(=O)N(Cc2ccco2)C(c2ccccc2)/C1=C(\O)c1ccncc1. The topological polar surface area (TPSA) is 83.6 Å². The summed E-state index contributed by atoms with van der Waals surface area (Å²) in [5.41, 5.74) is 1.23. The number of likely N-dealkylation sites (tertiary alicyclic amines) is 1. The number of carbonyl (C=O) groups is 2. The molecule has 1 N–H and O–H groups in total. The second kappa shape index (κ2) is 6.92. The predicted molar refractivity (Wildman–Crippen MR) is 97.2 cm³/mol. The standard InChI is InChI=1S/C21H16N2O4/c24-19(15-8-10-22-11-9-15)17-18(14-5-2-1-3-6-14)23(21(26)20(17)25)13-16-7-4-12-27-16/h1-12,18,24H,13H2/b19-17+. The van der Waals surface area contributed by atoms with E-state index < -0.39 is 17.7 Å². The average molecular weight is 360 g/mol. The number of carbonyl (C=O) groups excluding carboxylic acids is 2. The van der Waals surface area contributed by atoms with Gasteiger partial charge in [0.05, 0.1) is 24.4 Å². The summed E-state index contributed by atoms with van der Waals surface area (Å²) in [5, 5.41) is 10.8. The molecule has 1 aliphatic heterocycles. The normalized spacial score (nSPS) is 18.8. The Morgan fingerprint density at radius 1 is 1.04 bits per heavy atom. The zero-order valence-corrected chi connectivity index (χ0v) is 14.3. The summed E-state index contributed by atoms with van der Waals surface area (Å²) in [7, 11) is 0. The van der Waals surface area contributed by atoms with Crippen molar-refractivity contribution in [1.29, 1.82) is 0 Å². The van der Waals surface area contributed by atoms with E-state index in [-0.39, 0.29) is 17.9 Å². The number of rotatable bonds is 4. The molecule has 1 amide bonds. The quantitative estimate of drug-likeness (QED) is 0.438. The number of ketones is 1. The van der Waals surface area contributed by atoms with E-state index in [0.29, 0.717) is 11.3 Å². The van der Waals surface area contributed by atoms with Crippen molar-refractivity contribution in [1.82, 2.24) is 9.88 Å². The molecule has 27 heavy (non-hydrogen) atoms. The molecular weight excluding hydrogens is 344 g/mol. The number of Topliss-reactive ketones (excluding diaryl/α,β-unsaturated/α-hetero) is 1. The van der Waals surface area contributed by atoms with Crippen LogP contribution in [0.15, 0.2) is 83.2 Å². The minimum atomic E-state index is -0.718. The smallest absolute Gasteiger partial charge is 0.296 e. The molecule has 6 nitrogen and oxygen atoms in total. The molecule has 6 heteroatoms. The van der Waals surface area contributed by atoms with E-state index in [1.807, 2.05) is 30.3 Å². The third-order valence-corrected chi connectivity index (χ3v) is 4.52. The fourth-order valence-corrected chi connectivity index (χ4v) is 3.26. The number of aliphatic hydroxyl groups is 1. The van der Waals surface area contributed by atoms with E-state index in [1.165, 1.54) is 23.6 Å². The van der Waals surface area contributed by atoms with Gasteiger partial charge in [-0.2, -0.15) is 0 Å². The summed E-state index contributed by atoms with van der Waals surface area (Å²) in [6, 6.07) is 15.1. The van der Waals surface area contributed by atoms with Crippen molar-refractivity contribution in [3.63, 3.8) is 0 Å². The third kappa shape index (κ3) is 3.01. The van der Waals surface area contributed by atoms with Crippen LogP contribution in [0.3, 0.4) is 0 Å². The van der Waals surface area contributed by atoms with Crippen molar-refractivity contribution in [2.24, 2.45) is 0 Å². The predicted octanol–water partition coefficient (Wildman–Crippen LogP) is 3.30. The van der Waals surface area contributed by atoms with Crippen LogP contribution in [-0.4, -0.2) is 26.7 Å². The molecular formula is C21H16N2O4. The molecule has 1 unspecified atom stereocenters. The zero-order chi connectivity index (χ0) is 18.8. The molecule has 2 aromatic heterocycles. The van der Waals surface area contributed by atoms with Crippen LogP contribution >= 0.6 is 0 Å². The van der Waals surface area contributed by atoms with Crippen LogP contribution in [0.2, 0.25) is 0 Å². The molecule has 3 heterocycles. The molecule has 1 aromatic carbocycles. The van der Waals surface area contributed by atoms with Crippen LogP contribution in [0.25, 0.3) is 5.76 Å². The Bertz CT molecular complexity index is 995. The Morgan fingerprint density at radius 3 is 2.44 bits per heavy atom. The largest absolute Gasteiger partial charge is 0.507 e. The number of amides is 1. The zero-order valence-electron chi connectivity index (χ0n) is 14.3. The number of hydrogen-bond donors (Lipinski definition) is 1. The van der Waals surface area contributed by atoms with Crippen LogP contribution in [0.5, 0.6) is 0 Å². The molecule has 1 aliphatic rings. The fraction of sp³-hybridized carbons (Fsp3) is 0.0952. The lowest BCUT2D eigenvalue weighted by molar-refractivity contribution is -0.140. The highest BCUT2D eigenvalue weighted by molar-refractivity contribution is 6.46. The molecule has 1 atom stereocenters. The van der Waals surface area contributed by atoms with Gasteiger partial charge in [0.2, 0.25) is 0 Å². The van der Waals surface area contributed by atoms with Crippen molar-refractivity contribution >= 4 is 17.4 Å². The lowest BCUT2D eigenvalue weighted by atomic mass is 9.95. The van der Waals surface area contributed by atoms with Crippen LogP contribution in [0.1, 0.15) is 22.9 Å². The Hall–Kier alpha value is -3.67. The number of aliphatic hydroxyl groups excluding tert-OH is 1. The maximum Gasteiger partial charge on any atom is 0.296 e. The van der Waals surface area contributed by atoms with Crippen LogP contribution in [0, 0.1) is 0 Å². The molecule has 1 fully saturated rings. The van der Waals surface area contributed by atoms with E-state index in [2.05, 4.69) is 4.98 Å². The molecule has 0 bridgehead atoms. The van der Waals surface area contributed by atoms with E-state index in [0.717, 1.165) is 5.56 Å². The van der Waals surface area contributed by atoms with Gasteiger partial charge in [-0.05, 0) is 29.8 Å². The maximum atomic E-state index is 12.8. The summed E-state index contributed by atoms with van der Waals surface area (Å²) in [5.74, 6) is -1.05. The first-order valence-corrected chi connectivity index (χ1v) is 8.43. The molecule has 0 saturated carbocycles. The Balaban J connectivity index is 1.86. The molecule has 1 saturated heterocycles. The van der Waals surface area contributed by atoms with Gasteiger partial charge in [0.25, 0.3) is 11.7 Å². The molecule has 0 radical (unpaired) electrons. The summed E-state index contributed by atoms with van der Waals surface area (Å²) < 4.78 is 5.35. The van der Waals surface area contributed by atoms with Crippen LogP contribution < -0.4 is 0 Å². The Morgan fingerprint density at radius 2 is 1.78 bits per heavy atom. The monoisotopic (exact) mass is 360 g/mol. The van der Waals surface area contributed by atoms with Gasteiger partial charge in [-0.15, -0.1) is 0 Å². The molecule has 0 spiro atoms. The van der Waals surface area contributed by atoms with Gasteiger partial charge in [-0.25, -0.2) is 0 Å². The van der Waals surface area contributed by atoms with Crippen molar-refractivity contribution in [2.45, 2.75) is 12.6 Å². The molecule has 0 aliphatic carbocycles. The van der Waals surface area contributed by atoms with Crippen molar-refractivity contribution in [3.05, 3.63) is 95.7 Å². The fourth-order valence-electron chi connectivity index (χ4n) is 3.26. The second-order valence-electron chi connectivity index (χ2n) is 6.15.